The number of rotatable bonds is 6. The Hall–Kier alpha value is -3.24. The van der Waals surface area contributed by atoms with Crippen molar-refractivity contribution in [2.24, 2.45) is 0 Å². The molecule has 7 nitrogen and oxygen atoms in total. The van der Waals surface area contributed by atoms with Gasteiger partial charge in [-0.05, 0) is 37.1 Å². The van der Waals surface area contributed by atoms with E-state index in [4.69, 9.17) is 16.3 Å². The number of piperidine rings is 1. The Morgan fingerprint density at radius 2 is 1.86 bits per heavy atom. The van der Waals surface area contributed by atoms with Crippen molar-refractivity contribution in [1.82, 2.24) is 20.5 Å². The maximum atomic E-state index is 13.0. The van der Waals surface area contributed by atoms with Crippen LogP contribution in [-0.2, 0) is 15.7 Å². The predicted molar refractivity (Wildman–Crippen MR) is 126 cm³/mol. The monoisotopic (exact) mass is 505 g/mol. The highest BCUT2D eigenvalue weighted by Gasteiger charge is 2.30. The molecule has 1 aliphatic heterocycles. The Morgan fingerprint density at radius 1 is 1.14 bits per heavy atom. The van der Waals surface area contributed by atoms with E-state index in [1.165, 1.54) is 25.4 Å². The summed E-state index contributed by atoms with van der Waals surface area (Å²) in [5.41, 5.74) is 1.44. The molecule has 3 heterocycles. The van der Waals surface area contributed by atoms with Crippen LogP contribution in [0.25, 0.3) is 22.4 Å². The van der Waals surface area contributed by atoms with Crippen LogP contribution in [0.4, 0.5) is 19.0 Å². The molecule has 4 rings (SSSR count). The molecule has 1 aliphatic rings. The number of hydrogen-bond donors (Lipinski definition) is 1. The molecule has 1 saturated heterocycles. The smallest absolute Gasteiger partial charge is 0.375 e. The van der Waals surface area contributed by atoms with Gasteiger partial charge in [0.1, 0.15) is 12.3 Å². The van der Waals surface area contributed by atoms with Crippen LogP contribution in [0.15, 0.2) is 48.8 Å². The van der Waals surface area contributed by atoms with E-state index in [0.717, 1.165) is 25.0 Å². The number of anilines is 1. The average molecular weight is 506 g/mol. The van der Waals surface area contributed by atoms with Crippen molar-refractivity contribution >= 4 is 23.3 Å². The molecule has 1 fully saturated rings. The first kappa shape index (κ1) is 24.9. The van der Waals surface area contributed by atoms with Gasteiger partial charge in [0, 0.05) is 55.3 Å². The van der Waals surface area contributed by atoms with Crippen molar-refractivity contribution in [3.63, 3.8) is 0 Å². The third kappa shape index (κ3) is 5.88. The number of hydrogen-bond acceptors (Lipinski definition) is 6. The quantitative estimate of drug-likeness (QED) is 0.527. The minimum absolute atomic E-state index is 0.0210. The molecule has 0 spiro atoms. The van der Waals surface area contributed by atoms with Crippen molar-refractivity contribution < 1.29 is 22.7 Å². The van der Waals surface area contributed by atoms with Gasteiger partial charge in [-0.2, -0.15) is 13.2 Å². The average Bonchev–Trinajstić information content (AvgIpc) is 2.84. The van der Waals surface area contributed by atoms with Gasteiger partial charge >= 0.3 is 6.18 Å². The van der Waals surface area contributed by atoms with Crippen molar-refractivity contribution in [2.75, 3.05) is 31.7 Å². The molecule has 0 bridgehead atoms. The summed E-state index contributed by atoms with van der Waals surface area (Å²) < 4.78 is 43.9. The van der Waals surface area contributed by atoms with Crippen LogP contribution in [0.2, 0.25) is 5.02 Å². The molecule has 0 atom stereocenters. The zero-order chi connectivity index (χ0) is 25.0. The van der Waals surface area contributed by atoms with Crippen LogP contribution in [0, 0.1) is 0 Å². The van der Waals surface area contributed by atoms with E-state index in [0.29, 0.717) is 46.3 Å². The summed E-state index contributed by atoms with van der Waals surface area (Å²) in [5, 5.41) is 12.1. The third-order valence-corrected chi connectivity index (χ3v) is 6.09. The number of ether oxygens (including phenoxy) is 1. The van der Waals surface area contributed by atoms with Gasteiger partial charge in [-0.25, -0.2) is 0 Å². The van der Waals surface area contributed by atoms with Crippen molar-refractivity contribution in [2.45, 2.75) is 25.1 Å². The van der Waals surface area contributed by atoms with Crippen LogP contribution in [-0.4, -0.2) is 53.9 Å². The molecule has 11 heteroatoms. The molecule has 184 valence electrons. The summed E-state index contributed by atoms with van der Waals surface area (Å²) in [5.74, 6) is 0.464. The number of nitrogens with zero attached hydrogens (tertiary/aromatic N) is 4. The van der Waals surface area contributed by atoms with Crippen LogP contribution < -0.4 is 10.2 Å². The molecule has 0 radical (unpaired) electrons. The lowest BCUT2D eigenvalue weighted by atomic mass is 9.99. The number of carbonyl (C=O) groups is 1. The van der Waals surface area contributed by atoms with Crippen LogP contribution >= 0.6 is 11.6 Å². The van der Waals surface area contributed by atoms with E-state index < -0.39 is 11.7 Å². The summed E-state index contributed by atoms with van der Waals surface area (Å²) in [6.45, 7) is 1.32. The highest BCUT2D eigenvalue weighted by atomic mass is 35.5. The molecular formula is C24H23ClF3N5O2. The summed E-state index contributed by atoms with van der Waals surface area (Å²) in [7, 11) is 1.47. The zero-order valence-electron chi connectivity index (χ0n) is 18.8. The van der Waals surface area contributed by atoms with Crippen molar-refractivity contribution in [3.05, 3.63) is 59.4 Å². The Balaban J connectivity index is 1.63. The van der Waals surface area contributed by atoms with Crippen molar-refractivity contribution in [1.29, 1.82) is 0 Å². The number of aromatic nitrogens is 3. The Labute approximate surface area is 205 Å². The lowest BCUT2D eigenvalue weighted by Gasteiger charge is -2.33. The third-order valence-electron chi connectivity index (χ3n) is 5.79. The Kier molecular flexibility index (Phi) is 7.51. The van der Waals surface area contributed by atoms with Gasteiger partial charge in [0.25, 0.3) is 0 Å². The first-order valence-corrected chi connectivity index (χ1v) is 11.3. The largest absolute Gasteiger partial charge is 0.416 e. The van der Waals surface area contributed by atoms with Crippen LogP contribution in [0.3, 0.4) is 0 Å². The minimum atomic E-state index is -4.43. The number of pyridine rings is 1. The van der Waals surface area contributed by atoms with Gasteiger partial charge < -0.3 is 15.0 Å². The van der Waals surface area contributed by atoms with Gasteiger partial charge in [0.15, 0.2) is 5.82 Å². The molecule has 2 aromatic heterocycles. The minimum Gasteiger partial charge on any atom is -0.375 e. The highest BCUT2D eigenvalue weighted by Crippen LogP contribution is 2.37. The first-order chi connectivity index (χ1) is 16.8. The molecule has 3 aromatic rings. The fourth-order valence-corrected chi connectivity index (χ4v) is 4.24. The standard InChI is InChI=1S/C24H23ClF3N5O2/c1-35-14-22(34)30-17-7-10-33(11-8-17)21-12-19(18-6-9-29-13-20(18)25)23(32-31-21)15-2-4-16(5-3-15)24(26,27)28/h2-6,9,12-13,17H,7-8,10-11,14H2,1H3,(H,30,34). The lowest BCUT2D eigenvalue weighted by Crippen LogP contribution is -2.45. The maximum absolute atomic E-state index is 13.0. The molecule has 1 N–H and O–H groups in total. The fraction of sp³-hybridized carbons (Fsp3) is 0.333. The van der Waals surface area contributed by atoms with E-state index >= 15 is 0 Å². The first-order valence-electron chi connectivity index (χ1n) is 10.9. The van der Waals surface area contributed by atoms with Crippen LogP contribution in [0.5, 0.6) is 0 Å². The number of carbonyl (C=O) groups excluding carboxylic acids is 1. The number of benzene rings is 1. The molecule has 35 heavy (non-hydrogen) atoms. The van der Waals surface area contributed by atoms with E-state index in [-0.39, 0.29) is 18.6 Å². The molecule has 1 amide bonds. The van der Waals surface area contributed by atoms with E-state index in [9.17, 15) is 18.0 Å². The van der Waals surface area contributed by atoms with Gasteiger partial charge in [0.2, 0.25) is 5.91 Å². The summed E-state index contributed by atoms with van der Waals surface area (Å²) in [4.78, 5) is 17.9. The summed E-state index contributed by atoms with van der Waals surface area (Å²) in [6, 6.07) is 8.40. The van der Waals surface area contributed by atoms with E-state index in [2.05, 4.69) is 25.4 Å². The highest BCUT2D eigenvalue weighted by molar-refractivity contribution is 6.33. The number of nitrogens with one attached hydrogen (secondary N) is 1. The second-order valence-corrected chi connectivity index (χ2v) is 8.56. The normalized spacial score (nSPS) is 14.7. The van der Waals surface area contributed by atoms with E-state index in [1.807, 2.05) is 6.07 Å². The molecule has 0 saturated carbocycles. The van der Waals surface area contributed by atoms with Crippen LogP contribution in [0.1, 0.15) is 18.4 Å². The zero-order valence-corrected chi connectivity index (χ0v) is 19.6. The van der Waals surface area contributed by atoms with Gasteiger partial charge in [-0.3, -0.25) is 9.78 Å². The molecule has 1 aromatic carbocycles. The lowest BCUT2D eigenvalue weighted by molar-refractivity contribution is -0.137. The Bertz CT molecular complexity index is 1180. The molecule has 0 unspecified atom stereocenters. The second-order valence-electron chi connectivity index (χ2n) is 8.16. The molecule has 0 aliphatic carbocycles. The molecular weight excluding hydrogens is 483 g/mol. The number of alkyl halides is 3. The second kappa shape index (κ2) is 10.6. The predicted octanol–water partition coefficient (Wildman–Crippen LogP) is 4.61. The Morgan fingerprint density at radius 3 is 2.49 bits per heavy atom. The SMILES string of the molecule is COCC(=O)NC1CCN(c2cc(-c3ccncc3Cl)c(-c3ccc(C(F)(F)F)cc3)nn2)CC1. The maximum Gasteiger partial charge on any atom is 0.416 e. The van der Waals surface area contributed by atoms with Gasteiger partial charge in [0.05, 0.1) is 10.6 Å². The summed E-state index contributed by atoms with van der Waals surface area (Å²) >= 11 is 6.41. The van der Waals surface area contributed by atoms with E-state index in [1.54, 1.807) is 12.3 Å². The van der Waals surface area contributed by atoms with Crippen molar-refractivity contribution in [3.8, 4) is 22.4 Å². The number of amides is 1. The summed E-state index contributed by atoms with van der Waals surface area (Å²) in [6.07, 6.45) is 0.112. The fourth-order valence-electron chi connectivity index (χ4n) is 4.02. The topological polar surface area (TPSA) is 80.2 Å². The van der Waals surface area contributed by atoms with Gasteiger partial charge in [-0.1, -0.05) is 23.7 Å². The number of methoxy groups -OCH3 is 1. The van der Waals surface area contributed by atoms with Gasteiger partial charge in [-0.15, -0.1) is 10.2 Å². The number of halogens is 4.